The van der Waals surface area contributed by atoms with E-state index in [0.717, 1.165) is 49.2 Å². The number of nitrogens with zero attached hydrogens (tertiary/aromatic N) is 7. The van der Waals surface area contributed by atoms with Gasteiger partial charge in [-0.1, -0.05) is 6.07 Å². The van der Waals surface area contributed by atoms with Gasteiger partial charge in [-0.2, -0.15) is 4.98 Å². The fraction of sp³-hybridized carbons (Fsp3) is 0.316. The Morgan fingerprint density at radius 2 is 1.74 bits per heavy atom. The summed E-state index contributed by atoms with van der Waals surface area (Å²) in [5.74, 6) is 2.38. The Hall–Kier alpha value is -3.29. The van der Waals surface area contributed by atoms with E-state index in [1.807, 2.05) is 37.4 Å². The van der Waals surface area contributed by atoms with Gasteiger partial charge in [-0.25, -0.2) is 15.0 Å². The van der Waals surface area contributed by atoms with Crippen LogP contribution >= 0.6 is 0 Å². The molecule has 0 bridgehead atoms. The second kappa shape index (κ2) is 7.94. The van der Waals surface area contributed by atoms with Gasteiger partial charge in [-0.15, -0.1) is 0 Å². The number of pyridine rings is 1. The molecule has 0 amide bonds. The zero-order valence-electron chi connectivity index (χ0n) is 15.3. The number of aryl methyl sites for hydroxylation is 1. The molecular formula is C19H22N8. The van der Waals surface area contributed by atoms with Crippen molar-refractivity contribution in [3.8, 4) is 0 Å². The Bertz CT molecular complexity index is 863. The lowest BCUT2D eigenvalue weighted by Gasteiger charge is -2.35. The Balaban J connectivity index is 1.41. The number of rotatable bonds is 5. The van der Waals surface area contributed by atoms with E-state index in [1.54, 1.807) is 18.6 Å². The fourth-order valence-corrected chi connectivity index (χ4v) is 3.07. The number of hydrogen-bond acceptors (Lipinski definition) is 8. The zero-order chi connectivity index (χ0) is 18.5. The predicted molar refractivity (Wildman–Crippen MR) is 105 cm³/mol. The number of aromatic nitrogens is 5. The molecule has 0 aliphatic carbocycles. The fourth-order valence-electron chi connectivity index (χ4n) is 3.07. The summed E-state index contributed by atoms with van der Waals surface area (Å²) < 4.78 is 0. The van der Waals surface area contributed by atoms with Gasteiger partial charge < -0.3 is 15.1 Å². The van der Waals surface area contributed by atoms with Crippen molar-refractivity contribution in [2.24, 2.45) is 0 Å². The first-order valence-electron chi connectivity index (χ1n) is 9.03. The third-order valence-electron chi connectivity index (χ3n) is 4.45. The van der Waals surface area contributed by atoms with Crippen LogP contribution in [0.4, 0.5) is 17.7 Å². The van der Waals surface area contributed by atoms with Gasteiger partial charge in [-0.05, 0) is 24.6 Å². The highest BCUT2D eigenvalue weighted by molar-refractivity contribution is 5.47. The quantitative estimate of drug-likeness (QED) is 0.737. The average Bonchev–Trinajstić information content (AvgIpc) is 2.73. The minimum Gasteiger partial charge on any atom is -0.353 e. The summed E-state index contributed by atoms with van der Waals surface area (Å²) in [4.78, 5) is 26.5. The minimum atomic E-state index is 0.641. The van der Waals surface area contributed by atoms with E-state index < -0.39 is 0 Å². The van der Waals surface area contributed by atoms with E-state index in [2.05, 4.69) is 35.1 Å². The molecule has 8 heteroatoms. The first-order chi connectivity index (χ1) is 13.3. The monoisotopic (exact) mass is 362 g/mol. The third-order valence-corrected chi connectivity index (χ3v) is 4.45. The molecule has 0 spiro atoms. The molecule has 3 aromatic rings. The summed E-state index contributed by atoms with van der Waals surface area (Å²) in [6.45, 7) is 6.12. The molecule has 1 aliphatic rings. The van der Waals surface area contributed by atoms with Crippen molar-refractivity contribution in [1.29, 1.82) is 0 Å². The number of piperazine rings is 1. The van der Waals surface area contributed by atoms with Gasteiger partial charge in [0.05, 0.1) is 0 Å². The molecule has 8 nitrogen and oxygen atoms in total. The molecule has 1 aliphatic heterocycles. The normalized spacial score (nSPS) is 14.3. The van der Waals surface area contributed by atoms with Crippen LogP contribution < -0.4 is 15.1 Å². The highest BCUT2D eigenvalue weighted by Crippen LogP contribution is 2.18. The average molecular weight is 362 g/mol. The molecule has 0 saturated carbocycles. The molecule has 4 heterocycles. The van der Waals surface area contributed by atoms with Gasteiger partial charge in [-0.3, -0.25) is 4.98 Å². The second-order valence-corrected chi connectivity index (χ2v) is 6.43. The van der Waals surface area contributed by atoms with Gasteiger partial charge in [0.1, 0.15) is 5.82 Å². The van der Waals surface area contributed by atoms with Crippen LogP contribution in [-0.2, 0) is 6.54 Å². The summed E-state index contributed by atoms with van der Waals surface area (Å²) in [6.07, 6.45) is 7.17. The maximum absolute atomic E-state index is 4.70. The van der Waals surface area contributed by atoms with Crippen molar-refractivity contribution in [2.75, 3.05) is 41.3 Å². The van der Waals surface area contributed by atoms with Crippen LogP contribution in [0.5, 0.6) is 0 Å². The van der Waals surface area contributed by atoms with Gasteiger partial charge in [0.25, 0.3) is 0 Å². The molecule has 0 aromatic carbocycles. The standard InChI is InChI=1S/C19H22N8/c1-15-12-17(25-18(24-15)23-14-16-4-2-5-20-13-16)26-8-10-27(11-9-26)19-21-6-3-7-22-19/h2-7,12-13H,8-11,14H2,1H3,(H,23,24,25). The molecule has 0 unspecified atom stereocenters. The first-order valence-corrected chi connectivity index (χ1v) is 9.03. The molecule has 0 radical (unpaired) electrons. The van der Waals surface area contributed by atoms with Crippen LogP contribution in [0, 0.1) is 6.92 Å². The van der Waals surface area contributed by atoms with Crippen LogP contribution in [-0.4, -0.2) is 51.1 Å². The van der Waals surface area contributed by atoms with E-state index in [9.17, 15) is 0 Å². The van der Waals surface area contributed by atoms with Crippen molar-refractivity contribution < 1.29 is 0 Å². The van der Waals surface area contributed by atoms with Gasteiger partial charge in [0, 0.05) is 69.3 Å². The Labute approximate surface area is 158 Å². The van der Waals surface area contributed by atoms with E-state index in [0.29, 0.717) is 12.5 Å². The van der Waals surface area contributed by atoms with Crippen LogP contribution in [0.25, 0.3) is 0 Å². The minimum absolute atomic E-state index is 0.641. The summed E-state index contributed by atoms with van der Waals surface area (Å²) in [7, 11) is 0. The SMILES string of the molecule is Cc1cc(N2CCN(c3ncccn3)CC2)nc(NCc2cccnc2)n1. The molecule has 4 rings (SSSR count). The van der Waals surface area contributed by atoms with Gasteiger partial charge in [0.2, 0.25) is 11.9 Å². The van der Waals surface area contributed by atoms with Crippen molar-refractivity contribution in [3.05, 3.63) is 60.3 Å². The number of anilines is 3. The third kappa shape index (κ3) is 4.28. The Morgan fingerprint density at radius 1 is 0.963 bits per heavy atom. The van der Waals surface area contributed by atoms with Gasteiger partial charge in [0.15, 0.2) is 0 Å². The first kappa shape index (κ1) is 17.1. The Morgan fingerprint density at radius 3 is 2.48 bits per heavy atom. The maximum Gasteiger partial charge on any atom is 0.225 e. The predicted octanol–water partition coefficient (Wildman–Crippen LogP) is 1.91. The summed E-state index contributed by atoms with van der Waals surface area (Å²) >= 11 is 0. The summed E-state index contributed by atoms with van der Waals surface area (Å²) in [5.41, 5.74) is 2.04. The Kier molecular flexibility index (Phi) is 5.04. The van der Waals surface area contributed by atoms with E-state index in [-0.39, 0.29) is 0 Å². The van der Waals surface area contributed by atoms with Crippen molar-refractivity contribution in [1.82, 2.24) is 24.9 Å². The molecule has 1 N–H and O–H groups in total. The van der Waals surface area contributed by atoms with E-state index in [1.165, 1.54) is 0 Å². The summed E-state index contributed by atoms with van der Waals surface area (Å²) in [6, 6.07) is 7.82. The molecule has 138 valence electrons. The lowest BCUT2D eigenvalue weighted by Crippen LogP contribution is -2.47. The lowest BCUT2D eigenvalue weighted by atomic mass is 10.3. The molecule has 27 heavy (non-hydrogen) atoms. The number of hydrogen-bond donors (Lipinski definition) is 1. The van der Waals surface area contributed by atoms with Crippen molar-refractivity contribution in [2.45, 2.75) is 13.5 Å². The lowest BCUT2D eigenvalue weighted by molar-refractivity contribution is 0.634. The van der Waals surface area contributed by atoms with Crippen LogP contribution in [0.1, 0.15) is 11.3 Å². The smallest absolute Gasteiger partial charge is 0.225 e. The van der Waals surface area contributed by atoms with Crippen molar-refractivity contribution >= 4 is 17.7 Å². The van der Waals surface area contributed by atoms with E-state index >= 15 is 0 Å². The maximum atomic E-state index is 4.70. The largest absolute Gasteiger partial charge is 0.353 e. The molecule has 1 fully saturated rings. The molecule has 0 atom stereocenters. The topological polar surface area (TPSA) is 83.0 Å². The van der Waals surface area contributed by atoms with E-state index in [4.69, 9.17) is 4.98 Å². The highest BCUT2D eigenvalue weighted by Gasteiger charge is 2.20. The van der Waals surface area contributed by atoms with Crippen LogP contribution in [0.15, 0.2) is 49.1 Å². The number of nitrogens with one attached hydrogen (secondary N) is 1. The molecule has 1 saturated heterocycles. The summed E-state index contributed by atoms with van der Waals surface area (Å²) in [5, 5.41) is 3.30. The van der Waals surface area contributed by atoms with Crippen molar-refractivity contribution in [3.63, 3.8) is 0 Å². The molecule has 3 aromatic heterocycles. The molecular weight excluding hydrogens is 340 g/mol. The van der Waals surface area contributed by atoms with Gasteiger partial charge >= 0.3 is 0 Å². The second-order valence-electron chi connectivity index (χ2n) is 6.43. The highest BCUT2D eigenvalue weighted by atomic mass is 15.3. The van der Waals surface area contributed by atoms with Crippen LogP contribution in [0.2, 0.25) is 0 Å². The van der Waals surface area contributed by atoms with Crippen LogP contribution in [0.3, 0.4) is 0 Å². The zero-order valence-corrected chi connectivity index (χ0v) is 15.3.